The van der Waals surface area contributed by atoms with E-state index in [4.69, 9.17) is 10.00 Å². The van der Waals surface area contributed by atoms with Gasteiger partial charge in [0.1, 0.15) is 0 Å². The number of hydrogen-bond donors (Lipinski definition) is 2. The topological polar surface area (TPSA) is 108 Å². The number of nitrogens with zero attached hydrogens (tertiary/aromatic N) is 1. The highest BCUT2D eigenvalue weighted by Crippen LogP contribution is 2.04. The van der Waals surface area contributed by atoms with Crippen molar-refractivity contribution in [3.63, 3.8) is 0 Å². The number of ether oxygens (including phenoxy) is 1. The third kappa shape index (κ3) is 5.74. The second-order valence-corrected chi connectivity index (χ2v) is 4.07. The molecule has 2 N–H and O–H groups in total. The summed E-state index contributed by atoms with van der Waals surface area (Å²) in [5.74, 6) is -1.42. The first-order chi connectivity index (χ1) is 10.1. The molecular weight excluding hydrogens is 274 g/mol. The average molecular weight is 289 g/mol. The summed E-state index contributed by atoms with van der Waals surface area (Å²) in [7, 11) is 0. The highest BCUT2D eigenvalue weighted by Gasteiger charge is 2.12. The minimum Gasteiger partial charge on any atom is -0.452 e. The lowest BCUT2D eigenvalue weighted by Crippen LogP contribution is -2.41. The molecule has 0 unspecified atom stereocenters. The first-order valence-electron chi connectivity index (χ1n) is 6.31. The van der Waals surface area contributed by atoms with E-state index >= 15 is 0 Å². The van der Waals surface area contributed by atoms with Gasteiger partial charge in [0.25, 0.3) is 5.91 Å². The van der Waals surface area contributed by atoms with E-state index in [1.807, 2.05) is 18.3 Å². The van der Waals surface area contributed by atoms with Gasteiger partial charge in [-0.25, -0.2) is 9.59 Å². The molecule has 7 nitrogen and oxygen atoms in total. The predicted octanol–water partition coefficient (Wildman–Crippen LogP) is 0.951. The second-order valence-electron chi connectivity index (χ2n) is 4.07. The summed E-state index contributed by atoms with van der Waals surface area (Å²) >= 11 is 0. The molecule has 21 heavy (non-hydrogen) atoms. The van der Waals surface area contributed by atoms with Crippen LogP contribution in [0, 0.1) is 11.3 Å². The van der Waals surface area contributed by atoms with Crippen molar-refractivity contribution in [2.75, 3.05) is 13.2 Å². The van der Waals surface area contributed by atoms with Crippen LogP contribution in [0.2, 0.25) is 0 Å². The van der Waals surface area contributed by atoms with Gasteiger partial charge in [-0.05, 0) is 30.7 Å². The number of carbonyl (C=O) groups excluding carboxylic acids is 3. The minimum absolute atomic E-state index is 0.220. The van der Waals surface area contributed by atoms with Crippen LogP contribution in [0.1, 0.15) is 29.3 Å². The Morgan fingerprint density at radius 2 is 1.90 bits per heavy atom. The van der Waals surface area contributed by atoms with Crippen LogP contribution < -0.4 is 10.6 Å². The summed E-state index contributed by atoms with van der Waals surface area (Å²) < 4.78 is 4.75. The van der Waals surface area contributed by atoms with Crippen molar-refractivity contribution in [2.24, 2.45) is 0 Å². The number of rotatable bonds is 5. The molecule has 0 heterocycles. The lowest BCUT2D eigenvalue weighted by atomic mass is 10.1. The predicted molar refractivity (Wildman–Crippen MR) is 73.3 cm³/mol. The molecule has 0 aromatic heterocycles. The minimum atomic E-state index is -0.717. The monoisotopic (exact) mass is 289 g/mol. The maximum absolute atomic E-state index is 11.6. The molecule has 0 saturated heterocycles. The molecule has 7 heteroatoms. The van der Waals surface area contributed by atoms with Gasteiger partial charge in [0, 0.05) is 6.54 Å². The number of nitrogens with one attached hydrogen (secondary N) is 2. The Morgan fingerprint density at radius 1 is 1.24 bits per heavy atom. The third-order valence-corrected chi connectivity index (χ3v) is 2.37. The fourth-order valence-electron chi connectivity index (χ4n) is 1.34. The van der Waals surface area contributed by atoms with Crippen molar-refractivity contribution in [3.05, 3.63) is 35.4 Å². The van der Waals surface area contributed by atoms with Crippen molar-refractivity contribution < 1.29 is 19.1 Å². The van der Waals surface area contributed by atoms with Crippen LogP contribution in [0.15, 0.2) is 24.3 Å². The van der Waals surface area contributed by atoms with Gasteiger partial charge in [-0.2, -0.15) is 5.26 Å². The van der Waals surface area contributed by atoms with E-state index in [2.05, 4.69) is 5.32 Å². The van der Waals surface area contributed by atoms with Gasteiger partial charge in [-0.15, -0.1) is 0 Å². The number of carbonyl (C=O) groups is 3. The molecule has 1 aromatic rings. The fraction of sp³-hybridized carbons (Fsp3) is 0.286. The molecule has 1 rings (SSSR count). The quantitative estimate of drug-likeness (QED) is 0.784. The van der Waals surface area contributed by atoms with Gasteiger partial charge < -0.3 is 10.1 Å². The zero-order valence-corrected chi connectivity index (χ0v) is 11.5. The number of hydrogen-bond acceptors (Lipinski definition) is 5. The average Bonchev–Trinajstić information content (AvgIpc) is 2.50. The molecule has 0 bridgehead atoms. The summed E-state index contributed by atoms with van der Waals surface area (Å²) in [5, 5.41) is 13.1. The van der Waals surface area contributed by atoms with Crippen molar-refractivity contribution in [1.29, 1.82) is 5.26 Å². The maximum Gasteiger partial charge on any atom is 0.338 e. The number of imide groups is 1. The van der Waals surface area contributed by atoms with E-state index in [1.54, 1.807) is 0 Å². The maximum atomic E-state index is 11.6. The summed E-state index contributed by atoms with van der Waals surface area (Å²) in [4.78, 5) is 34.2. The fourth-order valence-corrected chi connectivity index (χ4v) is 1.34. The molecule has 0 saturated carbocycles. The van der Waals surface area contributed by atoms with Gasteiger partial charge in [-0.1, -0.05) is 6.92 Å². The van der Waals surface area contributed by atoms with Crippen LogP contribution in [0.25, 0.3) is 0 Å². The van der Waals surface area contributed by atoms with Crippen molar-refractivity contribution in [1.82, 2.24) is 10.6 Å². The van der Waals surface area contributed by atoms with Gasteiger partial charge in [0.05, 0.1) is 17.2 Å². The Bertz CT molecular complexity index is 561. The van der Waals surface area contributed by atoms with E-state index in [9.17, 15) is 14.4 Å². The Labute approximate surface area is 121 Å². The number of esters is 1. The number of amides is 3. The molecule has 0 radical (unpaired) electrons. The Hall–Kier alpha value is -2.88. The van der Waals surface area contributed by atoms with E-state index in [0.717, 1.165) is 6.42 Å². The Morgan fingerprint density at radius 3 is 2.48 bits per heavy atom. The number of urea groups is 1. The van der Waals surface area contributed by atoms with E-state index in [1.165, 1.54) is 24.3 Å². The lowest BCUT2D eigenvalue weighted by Gasteiger charge is -2.06. The standard InChI is InChI=1S/C14H15N3O4/c1-2-7-16-14(20)17-12(18)9-21-13(19)11-5-3-10(8-15)4-6-11/h3-6H,2,7,9H2,1H3,(H2,16,17,18,20). The van der Waals surface area contributed by atoms with Crippen LogP contribution in [0.3, 0.4) is 0 Å². The molecular formula is C14H15N3O4. The summed E-state index contributed by atoms with van der Waals surface area (Å²) in [5.41, 5.74) is 0.633. The molecule has 110 valence electrons. The molecule has 0 aliphatic carbocycles. The number of nitriles is 1. The molecule has 0 atom stereocenters. The molecule has 0 spiro atoms. The molecule has 0 aliphatic heterocycles. The summed E-state index contributed by atoms with van der Waals surface area (Å²) in [6.07, 6.45) is 0.745. The smallest absolute Gasteiger partial charge is 0.338 e. The SMILES string of the molecule is CCCNC(=O)NC(=O)COC(=O)c1ccc(C#N)cc1. The zero-order valence-electron chi connectivity index (χ0n) is 11.5. The van der Waals surface area contributed by atoms with Crippen molar-refractivity contribution >= 4 is 17.9 Å². The van der Waals surface area contributed by atoms with Gasteiger partial charge in [-0.3, -0.25) is 10.1 Å². The molecule has 3 amide bonds. The second kappa shape index (κ2) is 8.32. The third-order valence-electron chi connectivity index (χ3n) is 2.37. The van der Waals surface area contributed by atoms with Gasteiger partial charge in [0.2, 0.25) is 0 Å². The Kier molecular flexibility index (Phi) is 6.41. The van der Waals surface area contributed by atoms with E-state index in [-0.39, 0.29) is 5.56 Å². The zero-order chi connectivity index (χ0) is 15.7. The molecule has 0 aliphatic rings. The van der Waals surface area contributed by atoms with Crippen LogP contribution >= 0.6 is 0 Å². The van der Waals surface area contributed by atoms with Crippen molar-refractivity contribution in [3.8, 4) is 6.07 Å². The summed E-state index contributed by atoms with van der Waals surface area (Å²) in [6.45, 7) is 1.77. The highest BCUT2D eigenvalue weighted by atomic mass is 16.5. The first-order valence-corrected chi connectivity index (χ1v) is 6.31. The van der Waals surface area contributed by atoms with E-state index in [0.29, 0.717) is 12.1 Å². The molecule has 0 fully saturated rings. The van der Waals surface area contributed by atoms with Crippen LogP contribution in [0.4, 0.5) is 4.79 Å². The van der Waals surface area contributed by atoms with Crippen LogP contribution in [-0.4, -0.2) is 31.1 Å². The molecule has 1 aromatic carbocycles. The number of benzene rings is 1. The first kappa shape index (κ1) is 16.2. The van der Waals surface area contributed by atoms with Crippen molar-refractivity contribution in [2.45, 2.75) is 13.3 Å². The normalized spacial score (nSPS) is 9.33. The van der Waals surface area contributed by atoms with Gasteiger partial charge >= 0.3 is 12.0 Å². The van der Waals surface area contributed by atoms with E-state index < -0.39 is 24.5 Å². The Balaban J connectivity index is 2.40. The largest absolute Gasteiger partial charge is 0.452 e. The van der Waals surface area contributed by atoms with Gasteiger partial charge in [0.15, 0.2) is 6.61 Å². The summed E-state index contributed by atoms with van der Waals surface area (Å²) in [6, 6.07) is 7.07. The van der Waals surface area contributed by atoms with Crippen LogP contribution in [0.5, 0.6) is 0 Å². The van der Waals surface area contributed by atoms with Crippen LogP contribution in [-0.2, 0) is 9.53 Å². The highest BCUT2D eigenvalue weighted by molar-refractivity contribution is 5.97. The lowest BCUT2D eigenvalue weighted by molar-refractivity contribution is -0.123.